The number of ether oxygens (including phenoxy) is 1. The highest BCUT2D eigenvalue weighted by molar-refractivity contribution is 7.89. The van der Waals surface area contributed by atoms with Crippen LogP contribution in [0.25, 0.3) is 10.2 Å². The van der Waals surface area contributed by atoms with Crippen molar-refractivity contribution in [3.8, 4) is 5.75 Å². The number of para-hydroxylation sites is 1. The van der Waals surface area contributed by atoms with Gasteiger partial charge in [-0.3, -0.25) is 4.79 Å². The van der Waals surface area contributed by atoms with Crippen molar-refractivity contribution in [3.63, 3.8) is 0 Å². The number of aliphatic hydroxyl groups is 1. The van der Waals surface area contributed by atoms with Crippen LogP contribution in [0.3, 0.4) is 0 Å². The highest BCUT2D eigenvalue weighted by atomic mass is 32.2. The minimum Gasteiger partial charge on any atom is -0.486 e. The lowest BCUT2D eigenvalue weighted by Crippen LogP contribution is -2.60. The van der Waals surface area contributed by atoms with Gasteiger partial charge in [0, 0.05) is 6.54 Å². The maximum Gasteiger partial charge on any atom is 0.325 e. The number of nitrogens with zero attached hydrogens (tertiary/aromatic N) is 2. The minimum atomic E-state index is -4.10. The topological polar surface area (TPSA) is 117 Å². The molecule has 2 aromatic carbocycles. The van der Waals surface area contributed by atoms with Crippen molar-refractivity contribution in [1.29, 1.82) is 0 Å². The van der Waals surface area contributed by atoms with Crippen molar-refractivity contribution in [2.45, 2.75) is 42.9 Å². The molecule has 31 heavy (non-hydrogen) atoms. The van der Waals surface area contributed by atoms with Gasteiger partial charge in [-0.15, -0.1) is 11.3 Å². The van der Waals surface area contributed by atoms with Gasteiger partial charge in [-0.1, -0.05) is 12.1 Å². The van der Waals surface area contributed by atoms with Gasteiger partial charge in [-0.25, -0.2) is 13.4 Å². The zero-order valence-electron chi connectivity index (χ0n) is 16.8. The minimum absolute atomic E-state index is 0.0330. The molecule has 0 saturated carbocycles. The van der Waals surface area contributed by atoms with Crippen LogP contribution in [0.5, 0.6) is 5.75 Å². The molecule has 8 nitrogen and oxygen atoms in total. The smallest absolute Gasteiger partial charge is 0.325 e. The number of piperidine rings is 1. The van der Waals surface area contributed by atoms with Gasteiger partial charge in [0.25, 0.3) is 0 Å². The lowest BCUT2D eigenvalue weighted by molar-refractivity contribution is -0.153. The molecule has 0 aliphatic carbocycles. The fraction of sp³-hybridized carbons (Fsp3) is 0.333. The second-order valence-corrected chi connectivity index (χ2v) is 10.7. The maximum absolute atomic E-state index is 13.1. The van der Waals surface area contributed by atoms with Gasteiger partial charge >= 0.3 is 5.97 Å². The Morgan fingerprint density at radius 2 is 1.97 bits per heavy atom. The van der Waals surface area contributed by atoms with Crippen LogP contribution in [0.1, 0.15) is 24.8 Å². The number of rotatable bonds is 6. The summed E-state index contributed by atoms with van der Waals surface area (Å²) in [5.74, 6) is -0.900. The van der Waals surface area contributed by atoms with Crippen LogP contribution in [-0.4, -0.2) is 52.1 Å². The zero-order valence-corrected chi connectivity index (χ0v) is 18.4. The van der Waals surface area contributed by atoms with Crippen molar-refractivity contribution >= 4 is 37.5 Å². The first-order valence-corrected chi connectivity index (χ1v) is 12.0. The molecule has 0 unspecified atom stereocenters. The van der Waals surface area contributed by atoms with Gasteiger partial charge in [0.05, 0.1) is 20.7 Å². The van der Waals surface area contributed by atoms with Crippen LogP contribution in [-0.2, 0) is 21.4 Å². The number of benzene rings is 2. The SMILES string of the molecule is C[C@]1(O)CCCN(S(=O)(=O)c2ccc(OCc3nc4ccccc4s3)cc2)[C@H]1C(=O)O. The highest BCUT2D eigenvalue weighted by Gasteiger charge is 2.49. The number of fused-ring (bicyclic) bond motifs is 1. The third kappa shape index (κ3) is 4.29. The van der Waals surface area contributed by atoms with Crippen LogP contribution >= 0.6 is 11.3 Å². The average Bonchev–Trinajstić information content (AvgIpc) is 3.14. The second-order valence-electron chi connectivity index (χ2n) is 7.65. The molecular weight excluding hydrogens is 440 g/mol. The summed E-state index contributed by atoms with van der Waals surface area (Å²) in [5, 5.41) is 20.8. The highest BCUT2D eigenvalue weighted by Crippen LogP contribution is 2.33. The second kappa shape index (κ2) is 8.19. The normalized spacial score (nSPS) is 22.5. The van der Waals surface area contributed by atoms with Crippen LogP contribution in [0.4, 0.5) is 0 Å². The Kier molecular flexibility index (Phi) is 5.73. The van der Waals surface area contributed by atoms with Gasteiger partial charge < -0.3 is 14.9 Å². The average molecular weight is 463 g/mol. The molecule has 4 rings (SSSR count). The molecule has 1 fully saturated rings. The van der Waals surface area contributed by atoms with Crippen molar-refractivity contribution in [2.75, 3.05) is 6.54 Å². The Morgan fingerprint density at radius 1 is 1.26 bits per heavy atom. The third-order valence-corrected chi connectivity index (χ3v) is 8.19. The number of carboxylic acid groups (broad SMARTS) is 1. The molecule has 0 bridgehead atoms. The van der Waals surface area contributed by atoms with Crippen molar-refractivity contribution < 1.29 is 28.2 Å². The van der Waals surface area contributed by atoms with E-state index in [0.29, 0.717) is 12.2 Å². The van der Waals surface area contributed by atoms with E-state index >= 15 is 0 Å². The molecule has 3 aromatic rings. The summed E-state index contributed by atoms with van der Waals surface area (Å²) in [4.78, 5) is 16.1. The molecule has 0 spiro atoms. The number of hydrogen-bond donors (Lipinski definition) is 2. The van der Waals surface area contributed by atoms with E-state index < -0.39 is 27.6 Å². The third-order valence-electron chi connectivity index (χ3n) is 5.30. The van der Waals surface area contributed by atoms with Gasteiger partial charge in [0.15, 0.2) is 6.04 Å². The lowest BCUT2D eigenvalue weighted by Gasteiger charge is -2.41. The summed E-state index contributed by atoms with van der Waals surface area (Å²) in [6.45, 7) is 1.64. The number of aliphatic carboxylic acids is 1. The Bertz CT molecular complexity index is 1170. The van der Waals surface area contributed by atoms with Crippen molar-refractivity contribution in [3.05, 3.63) is 53.5 Å². The summed E-state index contributed by atoms with van der Waals surface area (Å²) in [7, 11) is -4.10. The molecule has 164 valence electrons. The summed E-state index contributed by atoms with van der Waals surface area (Å²) in [5.41, 5.74) is -0.741. The summed E-state index contributed by atoms with van der Waals surface area (Å²) < 4.78 is 33.8. The fourth-order valence-electron chi connectivity index (χ4n) is 3.79. The molecule has 10 heteroatoms. The molecule has 1 aromatic heterocycles. The first-order chi connectivity index (χ1) is 14.7. The van der Waals surface area contributed by atoms with E-state index in [2.05, 4.69) is 4.98 Å². The van der Waals surface area contributed by atoms with E-state index in [4.69, 9.17) is 4.74 Å². The van der Waals surface area contributed by atoms with Gasteiger partial charge in [0.2, 0.25) is 10.0 Å². The van der Waals surface area contributed by atoms with E-state index in [0.717, 1.165) is 19.5 Å². The van der Waals surface area contributed by atoms with Gasteiger partial charge in [0.1, 0.15) is 17.4 Å². The van der Waals surface area contributed by atoms with E-state index in [1.54, 1.807) is 0 Å². The van der Waals surface area contributed by atoms with Crippen LogP contribution in [0, 0.1) is 0 Å². The zero-order chi connectivity index (χ0) is 22.2. The number of hydrogen-bond acceptors (Lipinski definition) is 7. The number of thiazole rings is 1. The van der Waals surface area contributed by atoms with E-state index in [-0.39, 0.29) is 24.5 Å². The Morgan fingerprint density at radius 3 is 2.65 bits per heavy atom. The quantitative estimate of drug-likeness (QED) is 0.578. The molecule has 1 saturated heterocycles. The molecule has 1 aliphatic rings. The van der Waals surface area contributed by atoms with Gasteiger partial charge in [-0.05, 0) is 56.2 Å². The fourth-order valence-corrected chi connectivity index (χ4v) is 6.38. The molecule has 0 radical (unpaired) electrons. The Labute approximate surface area is 183 Å². The lowest BCUT2D eigenvalue weighted by atomic mass is 9.88. The number of carbonyl (C=O) groups is 1. The predicted octanol–water partition coefficient (Wildman–Crippen LogP) is 2.86. The Balaban J connectivity index is 1.50. The summed E-state index contributed by atoms with van der Waals surface area (Å²) in [6, 6.07) is 12.0. The monoisotopic (exact) mass is 462 g/mol. The van der Waals surface area contributed by atoms with E-state index in [9.17, 15) is 23.4 Å². The summed E-state index contributed by atoms with van der Waals surface area (Å²) >= 11 is 1.53. The maximum atomic E-state index is 13.1. The molecule has 2 atom stereocenters. The number of carboxylic acids is 1. The largest absolute Gasteiger partial charge is 0.486 e. The van der Waals surface area contributed by atoms with Crippen LogP contribution in [0.15, 0.2) is 53.4 Å². The van der Waals surface area contributed by atoms with Crippen molar-refractivity contribution in [2.24, 2.45) is 0 Å². The Hall–Kier alpha value is -2.53. The first kappa shape index (κ1) is 21.7. The number of aromatic nitrogens is 1. The molecule has 2 heterocycles. The van der Waals surface area contributed by atoms with E-state index in [1.807, 2.05) is 24.3 Å². The predicted molar refractivity (Wildman–Crippen MR) is 116 cm³/mol. The molecular formula is C21H22N2O6S2. The standard InChI is InChI=1S/C21H22N2O6S2/c1-21(26)11-4-12-23(19(21)20(24)25)31(27,28)15-9-7-14(8-10-15)29-13-18-22-16-5-2-3-6-17(16)30-18/h2-3,5-10,19,26H,4,11-13H2,1H3,(H,24,25)/t19-,21-/m0/s1. The summed E-state index contributed by atoms with van der Waals surface area (Å²) in [6.07, 6.45) is 0.591. The first-order valence-electron chi connectivity index (χ1n) is 9.73. The van der Waals surface area contributed by atoms with Crippen molar-refractivity contribution in [1.82, 2.24) is 9.29 Å². The molecule has 0 amide bonds. The van der Waals surface area contributed by atoms with Crippen LogP contribution in [0.2, 0.25) is 0 Å². The van der Waals surface area contributed by atoms with Crippen LogP contribution < -0.4 is 4.74 Å². The van der Waals surface area contributed by atoms with E-state index in [1.165, 1.54) is 42.5 Å². The molecule has 1 aliphatic heterocycles. The number of sulfonamides is 1. The molecule has 2 N–H and O–H groups in total. The van der Waals surface area contributed by atoms with Gasteiger partial charge in [-0.2, -0.15) is 4.31 Å².